The van der Waals surface area contributed by atoms with Crippen LogP contribution in [0.25, 0.3) is 17.1 Å². The topological polar surface area (TPSA) is 69.0 Å². The lowest BCUT2D eigenvalue weighted by Gasteiger charge is -2.06. The van der Waals surface area contributed by atoms with E-state index in [0.29, 0.717) is 23.1 Å². The number of amides is 1. The van der Waals surface area contributed by atoms with Crippen LogP contribution < -0.4 is 10.1 Å². The number of ether oxygens (including phenoxy) is 1. The van der Waals surface area contributed by atoms with Gasteiger partial charge in [-0.3, -0.25) is 4.79 Å². The summed E-state index contributed by atoms with van der Waals surface area (Å²) in [5.74, 6) is 0.887. The molecule has 31 heavy (non-hydrogen) atoms. The van der Waals surface area contributed by atoms with E-state index in [4.69, 9.17) is 16.3 Å². The molecule has 0 aliphatic rings. The largest absolute Gasteiger partial charge is 0.494 e. The maximum absolute atomic E-state index is 12.9. The second kappa shape index (κ2) is 9.32. The molecule has 0 atom stereocenters. The molecule has 0 aliphatic heterocycles. The van der Waals surface area contributed by atoms with Gasteiger partial charge in [-0.15, -0.1) is 5.10 Å². The van der Waals surface area contributed by atoms with Gasteiger partial charge in [0.05, 0.1) is 12.3 Å². The minimum atomic E-state index is -0.414. The minimum absolute atomic E-state index is 0.0479. The molecule has 0 aliphatic carbocycles. The Balaban J connectivity index is 1.68. The van der Waals surface area contributed by atoms with Crippen molar-refractivity contribution in [1.29, 1.82) is 0 Å². The average Bonchev–Trinajstić information content (AvgIpc) is 3.22. The molecule has 1 heterocycles. The molecule has 4 aromatic rings. The van der Waals surface area contributed by atoms with E-state index in [2.05, 4.69) is 31.3 Å². The van der Waals surface area contributed by atoms with E-state index < -0.39 is 5.91 Å². The molecule has 0 saturated carbocycles. The van der Waals surface area contributed by atoms with Gasteiger partial charge in [-0.05, 0) is 67.6 Å². The van der Waals surface area contributed by atoms with Crippen molar-refractivity contribution in [1.82, 2.24) is 14.8 Å². The summed E-state index contributed by atoms with van der Waals surface area (Å²) in [7, 11) is 0. The van der Waals surface area contributed by atoms with E-state index in [1.165, 1.54) is 0 Å². The SMILES string of the molecule is CCOc1ccc(NC(=O)c2nc(-c3cccc(Cl)c3)n(-c3ccc(Br)cc3)n2)cc1. The summed E-state index contributed by atoms with van der Waals surface area (Å²) >= 11 is 9.61. The lowest BCUT2D eigenvalue weighted by Crippen LogP contribution is -2.14. The third kappa shape index (κ3) is 4.95. The van der Waals surface area contributed by atoms with Crippen molar-refractivity contribution in [2.24, 2.45) is 0 Å². The van der Waals surface area contributed by atoms with Crippen LogP contribution in [0.4, 0.5) is 5.69 Å². The zero-order valence-corrected chi connectivity index (χ0v) is 18.9. The van der Waals surface area contributed by atoms with Crippen LogP contribution in [0.15, 0.2) is 77.3 Å². The third-order valence-corrected chi connectivity index (χ3v) is 5.15. The first-order valence-electron chi connectivity index (χ1n) is 9.56. The summed E-state index contributed by atoms with van der Waals surface area (Å²) in [5.41, 5.74) is 2.14. The first-order valence-corrected chi connectivity index (χ1v) is 10.7. The number of benzene rings is 3. The van der Waals surface area contributed by atoms with Crippen LogP contribution in [0.2, 0.25) is 5.02 Å². The highest BCUT2D eigenvalue weighted by Crippen LogP contribution is 2.25. The van der Waals surface area contributed by atoms with Gasteiger partial charge in [-0.2, -0.15) is 0 Å². The summed E-state index contributed by atoms with van der Waals surface area (Å²) in [6.07, 6.45) is 0. The number of carbonyl (C=O) groups is 1. The standard InChI is InChI=1S/C23H18BrClN4O2/c1-2-31-20-12-8-18(9-13-20)26-23(30)21-27-22(15-4-3-5-17(25)14-15)29(28-21)19-10-6-16(24)7-11-19/h3-14H,2H2,1H3,(H,26,30). The van der Waals surface area contributed by atoms with Gasteiger partial charge in [-0.1, -0.05) is 39.7 Å². The Bertz CT molecular complexity index is 1210. The van der Waals surface area contributed by atoms with E-state index in [9.17, 15) is 4.79 Å². The average molecular weight is 498 g/mol. The Morgan fingerprint density at radius 1 is 1.10 bits per heavy atom. The van der Waals surface area contributed by atoms with Crippen molar-refractivity contribution in [2.75, 3.05) is 11.9 Å². The maximum Gasteiger partial charge on any atom is 0.295 e. The van der Waals surface area contributed by atoms with Crippen molar-refractivity contribution in [2.45, 2.75) is 6.92 Å². The number of hydrogen-bond donors (Lipinski definition) is 1. The zero-order valence-electron chi connectivity index (χ0n) is 16.5. The Morgan fingerprint density at radius 3 is 2.52 bits per heavy atom. The van der Waals surface area contributed by atoms with Crippen LogP contribution in [-0.2, 0) is 0 Å². The quantitative estimate of drug-likeness (QED) is 0.355. The molecule has 1 aromatic heterocycles. The Hall–Kier alpha value is -3.16. The smallest absolute Gasteiger partial charge is 0.295 e. The predicted molar refractivity (Wildman–Crippen MR) is 125 cm³/mol. The van der Waals surface area contributed by atoms with E-state index in [-0.39, 0.29) is 5.82 Å². The third-order valence-electron chi connectivity index (χ3n) is 4.39. The fourth-order valence-electron chi connectivity index (χ4n) is 2.97. The molecule has 3 aromatic carbocycles. The summed E-state index contributed by atoms with van der Waals surface area (Å²) < 4.78 is 8.00. The highest BCUT2D eigenvalue weighted by atomic mass is 79.9. The van der Waals surface area contributed by atoms with Crippen LogP contribution in [0.1, 0.15) is 17.5 Å². The molecule has 0 radical (unpaired) electrons. The summed E-state index contributed by atoms with van der Waals surface area (Å²) in [5, 5.41) is 7.87. The molecule has 6 nitrogen and oxygen atoms in total. The van der Waals surface area contributed by atoms with Gasteiger partial charge < -0.3 is 10.1 Å². The first-order chi connectivity index (χ1) is 15.0. The highest BCUT2D eigenvalue weighted by Gasteiger charge is 2.19. The zero-order chi connectivity index (χ0) is 21.8. The molecular weight excluding hydrogens is 480 g/mol. The van der Waals surface area contributed by atoms with Gasteiger partial charge in [0, 0.05) is 20.7 Å². The number of hydrogen-bond acceptors (Lipinski definition) is 4. The molecule has 0 unspecified atom stereocenters. The van der Waals surface area contributed by atoms with Gasteiger partial charge in [0.25, 0.3) is 5.91 Å². The fourth-order valence-corrected chi connectivity index (χ4v) is 3.43. The number of rotatable bonds is 6. The van der Waals surface area contributed by atoms with Crippen LogP contribution in [0.3, 0.4) is 0 Å². The van der Waals surface area contributed by atoms with Gasteiger partial charge in [0.2, 0.25) is 5.82 Å². The molecule has 0 bridgehead atoms. The van der Waals surface area contributed by atoms with Crippen LogP contribution in [0.5, 0.6) is 5.75 Å². The summed E-state index contributed by atoms with van der Waals surface area (Å²) in [6.45, 7) is 2.50. The van der Waals surface area contributed by atoms with Crippen molar-refractivity contribution in [3.8, 4) is 22.8 Å². The fraction of sp³-hybridized carbons (Fsp3) is 0.0870. The van der Waals surface area contributed by atoms with Crippen molar-refractivity contribution in [3.05, 3.63) is 88.1 Å². The predicted octanol–water partition coefficient (Wildman–Crippen LogP) is 6.00. The highest BCUT2D eigenvalue weighted by molar-refractivity contribution is 9.10. The van der Waals surface area contributed by atoms with E-state index in [1.54, 1.807) is 41.1 Å². The lowest BCUT2D eigenvalue weighted by molar-refractivity contribution is 0.101. The molecule has 0 saturated heterocycles. The number of nitrogens with zero attached hydrogens (tertiary/aromatic N) is 3. The second-order valence-electron chi connectivity index (χ2n) is 6.57. The Kier molecular flexibility index (Phi) is 6.34. The molecule has 0 spiro atoms. The number of anilines is 1. The van der Waals surface area contributed by atoms with Crippen LogP contribution in [-0.4, -0.2) is 27.3 Å². The Morgan fingerprint density at radius 2 is 1.84 bits per heavy atom. The van der Waals surface area contributed by atoms with Crippen molar-refractivity contribution in [3.63, 3.8) is 0 Å². The van der Waals surface area contributed by atoms with E-state index >= 15 is 0 Å². The number of carbonyl (C=O) groups excluding carboxylic acids is 1. The number of halogens is 2. The Labute approximate surface area is 193 Å². The van der Waals surface area contributed by atoms with Gasteiger partial charge in [0.15, 0.2) is 5.82 Å². The number of nitrogens with one attached hydrogen (secondary N) is 1. The summed E-state index contributed by atoms with van der Waals surface area (Å²) in [6, 6.07) is 22.0. The monoisotopic (exact) mass is 496 g/mol. The van der Waals surface area contributed by atoms with Gasteiger partial charge >= 0.3 is 0 Å². The van der Waals surface area contributed by atoms with Gasteiger partial charge in [0.1, 0.15) is 5.75 Å². The molecule has 4 rings (SSSR count). The number of aromatic nitrogens is 3. The van der Waals surface area contributed by atoms with Gasteiger partial charge in [-0.25, -0.2) is 9.67 Å². The molecule has 0 fully saturated rings. The first kappa shape index (κ1) is 21.1. The van der Waals surface area contributed by atoms with Crippen LogP contribution in [0, 0.1) is 0 Å². The van der Waals surface area contributed by atoms with E-state index in [0.717, 1.165) is 21.5 Å². The molecular formula is C23H18BrClN4O2. The summed E-state index contributed by atoms with van der Waals surface area (Å²) in [4.78, 5) is 17.4. The van der Waals surface area contributed by atoms with Crippen molar-refractivity contribution >= 4 is 39.1 Å². The molecule has 156 valence electrons. The second-order valence-corrected chi connectivity index (χ2v) is 7.92. The maximum atomic E-state index is 12.9. The lowest BCUT2D eigenvalue weighted by atomic mass is 10.2. The molecule has 8 heteroatoms. The minimum Gasteiger partial charge on any atom is -0.494 e. The molecule has 1 N–H and O–H groups in total. The van der Waals surface area contributed by atoms with Crippen LogP contribution >= 0.6 is 27.5 Å². The van der Waals surface area contributed by atoms with E-state index in [1.807, 2.05) is 43.3 Å². The van der Waals surface area contributed by atoms with Crippen molar-refractivity contribution < 1.29 is 9.53 Å². The normalized spacial score (nSPS) is 10.7. The molecule has 1 amide bonds.